The first-order valence-electron chi connectivity index (χ1n) is 9.96. The third-order valence-corrected chi connectivity index (χ3v) is 5.42. The summed E-state index contributed by atoms with van der Waals surface area (Å²) in [6, 6.07) is 10.1. The Morgan fingerprint density at radius 3 is 2.93 bits per heavy atom. The van der Waals surface area contributed by atoms with Crippen molar-refractivity contribution in [3.63, 3.8) is 0 Å². The fourth-order valence-electron chi connectivity index (χ4n) is 3.66. The Bertz CT molecular complexity index is 1020. The highest BCUT2D eigenvalue weighted by Gasteiger charge is 2.18. The zero-order valence-electron chi connectivity index (χ0n) is 16.8. The number of aromatic nitrogens is 2. The van der Waals surface area contributed by atoms with Gasteiger partial charge in [0.15, 0.2) is 6.73 Å². The lowest BCUT2D eigenvalue weighted by Crippen LogP contribution is -2.34. The van der Waals surface area contributed by atoms with Crippen molar-refractivity contribution in [2.45, 2.75) is 12.8 Å². The Kier molecular flexibility index (Phi) is 6.50. The highest BCUT2D eigenvalue weighted by molar-refractivity contribution is 6.30. The normalized spacial score (nSPS) is 17.1. The first-order valence-corrected chi connectivity index (χ1v) is 10.3. The predicted octanol–water partition coefficient (Wildman–Crippen LogP) is 4.59. The third-order valence-electron chi connectivity index (χ3n) is 5.18. The van der Waals surface area contributed by atoms with Crippen LogP contribution >= 0.6 is 11.6 Å². The molecule has 2 heterocycles. The molecule has 1 aromatic heterocycles. The molecule has 0 aliphatic carbocycles. The molecular formula is C22H24ClFN4O2. The van der Waals surface area contributed by atoms with E-state index in [0.29, 0.717) is 29.1 Å². The zero-order chi connectivity index (χ0) is 20.9. The number of rotatable bonds is 7. The van der Waals surface area contributed by atoms with Crippen LogP contribution in [0.15, 0.2) is 42.7 Å². The molecule has 0 spiro atoms. The number of nitrogens with zero attached hydrogens (tertiary/aromatic N) is 3. The molecule has 0 bridgehead atoms. The van der Waals surface area contributed by atoms with Crippen molar-refractivity contribution in [3.05, 3.63) is 53.6 Å². The molecule has 8 heteroatoms. The molecule has 0 radical (unpaired) electrons. The van der Waals surface area contributed by atoms with E-state index in [9.17, 15) is 4.39 Å². The highest BCUT2D eigenvalue weighted by Crippen LogP contribution is 2.26. The molecule has 3 aromatic rings. The minimum Gasteiger partial charge on any atom is -0.493 e. The van der Waals surface area contributed by atoms with Crippen molar-refractivity contribution in [1.82, 2.24) is 14.9 Å². The molecule has 0 saturated carbocycles. The molecular weight excluding hydrogens is 407 g/mol. The lowest BCUT2D eigenvalue weighted by Gasteiger charge is -2.29. The van der Waals surface area contributed by atoms with Gasteiger partial charge in [-0.25, -0.2) is 14.4 Å². The summed E-state index contributed by atoms with van der Waals surface area (Å²) in [7, 11) is 2.15. The van der Waals surface area contributed by atoms with E-state index >= 15 is 0 Å². The molecule has 1 fully saturated rings. The average molecular weight is 431 g/mol. The maximum atomic E-state index is 13.9. The van der Waals surface area contributed by atoms with E-state index in [4.69, 9.17) is 21.1 Å². The predicted molar refractivity (Wildman–Crippen MR) is 116 cm³/mol. The second-order valence-corrected chi connectivity index (χ2v) is 7.97. The van der Waals surface area contributed by atoms with Gasteiger partial charge in [-0.3, -0.25) is 0 Å². The van der Waals surface area contributed by atoms with E-state index in [2.05, 4.69) is 27.2 Å². The van der Waals surface area contributed by atoms with Gasteiger partial charge in [-0.15, -0.1) is 0 Å². The second kappa shape index (κ2) is 9.45. The number of fused-ring (bicyclic) bond motifs is 1. The number of ether oxygens (including phenoxy) is 2. The lowest BCUT2D eigenvalue weighted by molar-refractivity contribution is 0.150. The van der Waals surface area contributed by atoms with E-state index in [0.717, 1.165) is 29.7 Å². The van der Waals surface area contributed by atoms with Crippen molar-refractivity contribution in [1.29, 1.82) is 0 Å². The van der Waals surface area contributed by atoms with Gasteiger partial charge >= 0.3 is 0 Å². The van der Waals surface area contributed by atoms with E-state index in [-0.39, 0.29) is 6.73 Å². The van der Waals surface area contributed by atoms with Gasteiger partial charge in [-0.1, -0.05) is 11.6 Å². The summed E-state index contributed by atoms with van der Waals surface area (Å²) in [5, 5.41) is 3.99. The topological polar surface area (TPSA) is 59.5 Å². The second-order valence-electron chi connectivity index (χ2n) is 7.53. The van der Waals surface area contributed by atoms with Crippen molar-refractivity contribution >= 4 is 28.2 Å². The zero-order valence-corrected chi connectivity index (χ0v) is 17.5. The number of nitrogens with one attached hydrogen (secondary N) is 1. The summed E-state index contributed by atoms with van der Waals surface area (Å²) in [6.45, 7) is 2.97. The number of benzene rings is 2. The molecule has 0 unspecified atom stereocenters. The Morgan fingerprint density at radius 1 is 1.20 bits per heavy atom. The third kappa shape index (κ3) is 5.09. The van der Waals surface area contributed by atoms with Gasteiger partial charge in [0.05, 0.1) is 23.2 Å². The summed E-state index contributed by atoms with van der Waals surface area (Å²) in [4.78, 5) is 10.9. The molecule has 2 aromatic carbocycles. The molecule has 1 saturated heterocycles. The molecule has 0 amide bonds. The van der Waals surface area contributed by atoms with Crippen molar-refractivity contribution in [2.24, 2.45) is 5.92 Å². The van der Waals surface area contributed by atoms with E-state index in [1.165, 1.54) is 25.2 Å². The Balaban J connectivity index is 1.38. The van der Waals surface area contributed by atoms with Crippen LogP contribution in [0.1, 0.15) is 12.8 Å². The maximum Gasteiger partial charge on any atom is 0.226 e. The van der Waals surface area contributed by atoms with Crippen molar-refractivity contribution in [2.75, 3.05) is 38.8 Å². The van der Waals surface area contributed by atoms with Gasteiger partial charge in [0.25, 0.3) is 0 Å². The van der Waals surface area contributed by atoms with Crippen LogP contribution in [0.3, 0.4) is 0 Å². The summed E-state index contributed by atoms with van der Waals surface area (Å²) < 4.78 is 25.6. The molecule has 6 nitrogen and oxygen atoms in total. The molecule has 1 aliphatic rings. The van der Waals surface area contributed by atoms with Gasteiger partial charge in [-0.2, -0.15) is 0 Å². The highest BCUT2D eigenvalue weighted by atomic mass is 35.5. The van der Waals surface area contributed by atoms with Crippen LogP contribution in [-0.2, 0) is 0 Å². The largest absolute Gasteiger partial charge is 0.493 e. The van der Waals surface area contributed by atoms with Crippen LogP contribution in [0.25, 0.3) is 10.9 Å². The van der Waals surface area contributed by atoms with Crippen LogP contribution < -0.4 is 14.8 Å². The molecule has 1 N–H and O–H groups in total. The number of piperidine rings is 1. The van der Waals surface area contributed by atoms with Gasteiger partial charge in [-0.05, 0) is 56.8 Å². The van der Waals surface area contributed by atoms with E-state index < -0.39 is 5.82 Å². The van der Waals surface area contributed by atoms with E-state index in [1.807, 2.05) is 18.2 Å². The molecule has 30 heavy (non-hydrogen) atoms. The SMILES string of the molecule is CN1CCC[C@H](COc2ccc3c(OCNc4ccc(Cl)cc4F)ncnc3c2)C1. The maximum absolute atomic E-state index is 13.9. The number of hydrogen-bond donors (Lipinski definition) is 1. The Hall–Kier alpha value is -2.64. The first kappa shape index (κ1) is 20.6. The Labute approximate surface area is 180 Å². The Morgan fingerprint density at radius 2 is 2.10 bits per heavy atom. The van der Waals surface area contributed by atoms with Crippen LogP contribution in [-0.4, -0.2) is 48.3 Å². The van der Waals surface area contributed by atoms with Gasteiger partial charge < -0.3 is 19.7 Å². The summed E-state index contributed by atoms with van der Waals surface area (Å²) in [6.07, 6.45) is 3.85. The van der Waals surface area contributed by atoms with Crippen LogP contribution in [0.2, 0.25) is 5.02 Å². The minimum absolute atomic E-state index is 0.0537. The standard InChI is InChI=1S/C22H24ClFN4O2/c1-28-8-2-3-15(11-28)12-29-17-5-6-18-21(10-17)25-13-26-22(18)30-14-27-20-7-4-16(23)9-19(20)24/h4-7,9-10,13,15,27H,2-3,8,11-12,14H2,1H3/t15-/m0/s1. The quantitative estimate of drug-likeness (QED) is 0.553. The van der Waals surface area contributed by atoms with Gasteiger partial charge in [0.2, 0.25) is 5.88 Å². The van der Waals surface area contributed by atoms with Crippen LogP contribution in [0, 0.1) is 11.7 Å². The monoisotopic (exact) mass is 430 g/mol. The first-order chi connectivity index (χ1) is 14.6. The number of halogens is 2. The fraction of sp³-hybridized carbons (Fsp3) is 0.364. The fourth-order valence-corrected chi connectivity index (χ4v) is 3.81. The number of hydrogen-bond acceptors (Lipinski definition) is 6. The average Bonchev–Trinajstić information content (AvgIpc) is 2.74. The molecule has 1 aliphatic heterocycles. The van der Waals surface area contributed by atoms with Crippen LogP contribution in [0.5, 0.6) is 11.6 Å². The van der Waals surface area contributed by atoms with E-state index in [1.54, 1.807) is 12.1 Å². The number of anilines is 1. The van der Waals surface area contributed by atoms with Crippen molar-refractivity contribution < 1.29 is 13.9 Å². The summed E-state index contributed by atoms with van der Waals surface area (Å²) in [5.41, 5.74) is 1.04. The van der Waals surface area contributed by atoms with Crippen molar-refractivity contribution in [3.8, 4) is 11.6 Å². The summed E-state index contributed by atoms with van der Waals surface area (Å²) in [5.74, 6) is 1.30. The van der Waals surface area contributed by atoms with Gasteiger partial charge in [0, 0.05) is 23.6 Å². The van der Waals surface area contributed by atoms with Crippen LogP contribution in [0.4, 0.5) is 10.1 Å². The molecule has 1 atom stereocenters. The molecule has 158 valence electrons. The smallest absolute Gasteiger partial charge is 0.226 e. The summed E-state index contributed by atoms with van der Waals surface area (Å²) >= 11 is 5.77. The van der Waals surface area contributed by atoms with Gasteiger partial charge in [0.1, 0.15) is 17.9 Å². The number of likely N-dealkylation sites (tertiary alicyclic amines) is 1. The lowest BCUT2D eigenvalue weighted by atomic mass is 10.00. The minimum atomic E-state index is -0.440. The molecule has 4 rings (SSSR count).